The molecule has 0 aliphatic heterocycles. The maximum atomic E-state index is 11.9. The number of hydrogen-bond donors (Lipinski definition) is 1. The molecule has 0 spiro atoms. The summed E-state index contributed by atoms with van der Waals surface area (Å²) in [6.45, 7) is 1.93. The normalized spacial score (nSPS) is 11.6. The molecule has 1 aromatic carbocycles. The van der Waals surface area contributed by atoms with Crippen LogP contribution in [0.2, 0.25) is 0 Å². The second-order valence-electron chi connectivity index (χ2n) is 3.70. The summed E-state index contributed by atoms with van der Waals surface area (Å²) in [5.41, 5.74) is 0.774. The van der Waals surface area contributed by atoms with Crippen LogP contribution in [0.4, 0.5) is 4.79 Å². The van der Waals surface area contributed by atoms with Gasteiger partial charge < -0.3 is 10.1 Å². The summed E-state index contributed by atoms with van der Waals surface area (Å²) in [6.07, 6.45) is 0.595. The average molecular weight is 235 g/mol. The highest BCUT2D eigenvalue weighted by Crippen LogP contribution is 2.16. The van der Waals surface area contributed by atoms with E-state index in [0.717, 1.165) is 12.0 Å². The van der Waals surface area contributed by atoms with Gasteiger partial charge in [0.15, 0.2) is 5.78 Å². The third kappa shape index (κ3) is 3.90. The van der Waals surface area contributed by atoms with Gasteiger partial charge in [-0.2, -0.15) is 0 Å². The van der Waals surface area contributed by atoms with E-state index in [1.54, 1.807) is 0 Å². The van der Waals surface area contributed by atoms with Gasteiger partial charge in [0.2, 0.25) is 0 Å². The Bertz CT molecular complexity index is 376. The summed E-state index contributed by atoms with van der Waals surface area (Å²) in [4.78, 5) is 23.1. The van der Waals surface area contributed by atoms with Gasteiger partial charge in [-0.25, -0.2) is 4.79 Å². The fourth-order valence-electron chi connectivity index (χ4n) is 1.56. The molecule has 17 heavy (non-hydrogen) atoms. The molecule has 92 valence electrons. The lowest BCUT2D eigenvalue weighted by atomic mass is 10.00. The predicted octanol–water partition coefficient (Wildman–Crippen LogP) is 2.45. The zero-order valence-electron chi connectivity index (χ0n) is 10.1. The molecule has 1 rings (SSSR count). The lowest BCUT2D eigenvalue weighted by molar-refractivity contribution is -0.121. The highest BCUT2D eigenvalue weighted by molar-refractivity contribution is 5.88. The minimum absolute atomic E-state index is 0.0101. The lowest BCUT2D eigenvalue weighted by Crippen LogP contribution is -2.33. The van der Waals surface area contributed by atoms with Crippen molar-refractivity contribution < 1.29 is 14.3 Å². The molecule has 4 nitrogen and oxygen atoms in total. The Hall–Kier alpha value is -1.84. The van der Waals surface area contributed by atoms with Crippen LogP contribution >= 0.6 is 0 Å². The fraction of sp³-hybridized carbons (Fsp3) is 0.385. The van der Waals surface area contributed by atoms with E-state index in [2.05, 4.69) is 10.1 Å². The van der Waals surface area contributed by atoms with Crippen molar-refractivity contribution in [1.82, 2.24) is 5.32 Å². The van der Waals surface area contributed by atoms with Crippen LogP contribution in [0.1, 0.15) is 31.4 Å². The van der Waals surface area contributed by atoms with Gasteiger partial charge in [-0.15, -0.1) is 0 Å². The summed E-state index contributed by atoms with van der Waals surface area (Å²) in [7, 11) is 1.28. The SMILES string of the molecule is CCCC(=O)[C@H](NC(=O)OC)c1ccccc1. The topological polar surface area (TPSA) is 55.4 Å². The maximum absolute atomic E-state index is 11.9. The Morgan fingerprint density at radius 3 is 2.47 bits per heavy atom. The largest absolute Gasteiger partial charge is 0.453 e. The molecule has 1 N–H and O–H groups in total. The molecule has 1 amide bonds. The molecule has 0 radical (unpaired) electrons. The van der Waals surface area contributed by atoms with E-state index in [0.29, 0.717) is 6.42 Å². The number of amides is 1. The number of Topliss-reactive ketones (excluding diaryl/α,β-unsaturated/α-hetero) is 1. The first-order chi connectivity index (χ1) is 8.19. The number of ether oxygens (including phenoxy) is 1. The van der Waals surface area contributed by atoms with E-state index in [-0.39, 0.29) is 5.78 Å². The number of ketones is 1. The first kappa shape index (κ1) is 13.2. The van der Waals surface area contributed by atoms with Crippen molar-refractivity contribution in [3.63, 3.8) is 0 Å². The highest BCUT2D eigenvalue weighted by Gasteiger charge is 2.21. The molecule has 0 saturated heterocycles. The van der Waals surface area contributed by atoms with Crippen molar-refractivity contribution >= 4 is 11.9 Å². The maximum Gasteiger partial charge on any atom is 0.407 e. The molecule has 4 heteroatoms. The van der Waals surface area contributed by atoms with Crippen molar-refractivity contribution in [3.8, 4) is 0 Å². The number of carbonyl (C=O) groups excluding carboxylic acids is 2. The molecule has 0 aliphatic rings. The van der Waals surface area contributed by atoms with E-state index < -0.39 is 12.1 Å². The van der Waals surface area contributed by atoms with Gasteiger partial charge in [0.1, 0.15) is 6.04 Å². The molecule has 0 aliphatic carbocycles. The van der Waals surface area contributed by atoms with Crippen LogP contribution in [0, 0.1) is 0 Å². The monoisotopic (exact) mass is 235 g/mol. The number of methoxy groups -OCH3 is 1. The summed E-state index contributed by atoms with van der Waals surface area (Å²) in [5.74, 6) is -0.0101. The summed E-state index contributed by atoms with van der Waals surface area (Å²) in [5, 5.41) is 2.56. The first-order valence-corrected chi connectivity index (χ1v) is 5.61. The minimum Gasteiger partial charge on any atom is -0.453 e. The molecule has 0 fully saturated rings. The number of nitrogens with one attached hydrogen (secondary N) is 1. The molecule has 0 saturated carbocycles. The standard InChI is InChI=1S/C13H17NO3/c1-3-7-11(15)12(14-13(16)17-2)10-8-5-4-6-9-10/h4-6,8-9,12H,3,7H2,1-2H3,(H,14,16)/t12-/m1/s1. The molecule has 1 aromatic rings. The van der Waals surface area contributed by atoms with E-state index in [4.69, 9.17) is 0 Å². The molecular weight excluding hydrogens is 218 g/mol. The van der Waals surface area contributed by atoms with E-state index in [1.165, 1.54) is 7.11 Å². The van der Waals surface area contributed by atoms with Crippen molar-refractivity contribution in [2.45, 2.75) is 25.8 Å². The molecule has 0 aromatic heterocycles. The van der Waals surface area contributed by atoms with Crippen molar-refractivity contribution in [3.05, 3.63) is 35.9 Å². The second kappa shape index (κ2) is 6.68. The van der Waals surface area contributed by atoms with E-state index in [9.17, 15) is 9.59 Å². The molecule has 0 heterocycles. The Balaban J connectivity index is 2.86. The Morgan fingerprint density at radius 2 is 1.94 bits per heavy atom. The van der Waals surface area contributed by atoms with Gasteiger partial charge in [0.25, 0.3) is 0 Å². The number of benzene rings is 1. The molecular formula is C13H17NO3. The molecule has 1 atom stereocenters. The Labute approximate surface area is 101 Å². The smallest absolute Gasteiger partial charge is 0.407 e. The van der Waals surface area contributed by atoms with Gasteiger partial charge in [0, 0.05) is 6.42 Å². The third-order valence-electron chi connectivity index (χ3n) is 2.40. The zero-order valence-corrected chi connectivity index (χ0v) is 10.1. The van der Waals surface area contributed by atoms with Gasteiger partial charge in [-0.1, -0.05) is 37.3 Å². The Kier molecular flexibility index (Phi) is 5.20. The lowest BCUT2D eigenvalue weighted by Gasteiger charge is -2.16. The first-order valence-electron chi connectivity index (χ1n) is 5.61. The molecule has 0 unspecified atom stereocenters. The minimum atomic E-state index is -0.622. The number of carbonyl (C=O) groups is 2. The van der Waals surface area contributed by atoms with Crippen LogP contribution in [0.3, 0.4) is 0 Å². The number of alkyl carbamates (subject to hydrolysis) is 1. The van der Waals surface area contributed by atoms with E-state index in [1.807, 2.05) is 37.3 Å². The highest BCUT2D eigenvalue weighted by atomic mass is 16.5. The number of hydrogen-bond acceptors (Lipinski definition) is 3. The van der Waals surface area contributed by atoms with Crippen LogP contribution < -0.4 is 5.32 Å². The summed E-state index contributed by atoms with van der Waals surface area (Å²) >= 11 is 0. The predicted molar refractivity (Wildman–Crippen MR) is 64.6 cm³/mol. The van der Waals surface area contributed by atoms with Crippen LogP contribution in [0.5, 0.6) is 0 Å². The third-order valence-corrected chi connectivity index (χ3v) is 2.40. The quantitative estimate of drug-likeness (QED) is 0.852. The van der Waals surface area contributed by atoms with Crippen LogP contribution in [-0.4, -0.2) is 19.0 Å². The molecule has 0 bridgehead atoms. The van der Waals surface area contributed by atoms with Crippen LogP contribution in [-0.2, 0) is 9.53 Å². The summed E-state index contributed by atoms with van der Waals surface area (Å²) < 4.78 is 4.53. The summed E-state index contributed by atoms with van der Waals surface area (Å²) in [6, 6.07) is 8.54. The second-order valence-corrected chi connectivity index (χ2v) is 3.70. The van der Waals surface area contributed by atoms with E-state index >= 15 is 0 Å². The fourth-order valence-corrected chi connectivity index (χ4v) is 1.56. The van der Waals surface area contributed by atoms with Gasteiger partial charge in [-0.05, 0) is 12.0 Å². The average Bonchev–Trinajstić information content (AvgIpc) is 2.36. The van der Waals surface area contributed by atoms with Crippen molar-refractivity contribution in [1.29, 1.82) is 0 Å². The van der Waals surface area contributed by atoms with Crippen LogP contribution in [0.25, 0.3) is 0 Å². The van der Waals surface area contributed by atoms with Gasteiger partial charge in [-0.3, -0.25) is 4.79 Å². The van der Waals surface area contributed by atoms with Crippen LogP contribution in [0.15, 0.2) is 30.3 Å². The van der Waals surface area contributed by atoms with Crippen molar-refractivity contribution in [2.75, 3.05) is 7.11 Å². The van der Waals surface area contributed by atoms with Gasteiger partial charge in [0.05, 0.1) is 7.11 Å². The zero-order chi connectivity index (χ0) is 12.7. The number of rotatable bonds is 5. The van der Waals surface area contributed by atoms with Crippen molar-refractivity contribution in [2.24, 2.45) is 0 Å². The van der Waals surface area contributed by atoms with Gasteiger partial charge >= 0.3 is 6.09 Å². The Morgan fingerprint density at radius 1 is 1.29 bits per heavy atom.